The van der Waals surface area contributed by atoms with Crippen LogP contribution in [-0.2, 0) is 28.2 Å². The lowest BCUT2D eigenvalue weighted by Crippen LogP contribution is -2.31. The van der Waals surface area contributed by atoms with E-state index in [4.69, 9.17) is 43.7 Å². The highest BCUT2D eigenvalue weighted by Crippen LogP contribution is 2.43. The lowest BCUT2D eigenvalue weighted by atomic mass is 9.96. The summed E-state index contributed by atoms with van der Waals surface area (Å²) in [6.45, 7) is 6.61. The van der Waals surface area contributed by atoms with E-state index in [0.717, 1.165) is 117 Å². The molecule has 12 heteroatoms. The predicted octanol–water partition coefficient (Wildman–Crippen LogP) is 19.6. The summed E-state index contributed by atoms with van der Waals surface area (Å²) in [6.07, 6.45) is 6.66. The molecule has 0 bridgehead atoms. The summed E-state index contributed by atoms with van der Waals surface area (Å²) < 4.78 is 181. The molecule has 0 aliphatic rings. The Labute approximate surface area is 600 Å². The smallest absolute Gasteiger partial charge is 0.227 e. The molecule has 16 rings (SSSR count). The van der Waals surface area contributed by atoms with E-state index >= 15 is 0 Å². The van der Waals surface area contributed by atoms with E-state index in [-0.39, 0.29) is 22.3 Å². The third-order valence-electron chi connectivity index (χ3n) is 18.3. The molecule has 0 amide bonds. The van der Waals surface area contributed by atoms with Crippen molar-refractivity contribution < 1.29 is 62.0 Å². The van der Waals surface area contributed by atoms with Gasteiger partial charge in [-0.25, -0.2) is 38.2 Å². The molecule has 12 nitrogen and oxygen atoms in total. The Morgan fingerprint density at radius 3 is 1.15 bits per heavy atom. The van der Waals surface area contributed by atoms with Crippen LogP contribution in [-0.4, -0.2) is 19.9 Å². The predicted molar refractivity (Wildman–Crippen MR) is 398 cm³/mol. The molecule has 0 aliphatic carbocycles. The Bertz CT molecular complexity index is 6710. The molecule has 1 atom stereocenters. The van der Waals surface area contributed by atoms with Crippen LogP contribution in [0.25, 0.3) is 133 Å². The lowest BCUT2D eigenvalue weighted by Gasteiger charge is -2.09. The Hall–Kier alpha value is -10.7. The summed E-state index contributed by atoms with van der Waals surface area (Å²) in [5.74, 6) is -1.72. The van der Waals surface area contributed by atoms with E-state index in [0.29, 0.717) is 83.4 Å². The first-order chi connectivity index (χ1) is 54.3. The maximum atomic E-state index is 8.47. The second-order valence-corrected chi connectivity index (χ2v) is 25.7. The van der Waals surface area contributed by atoms with Crippen molar-refractivity contribution >= 4 is 88.3 Å². The van der Waals surface area contributed by atoms with Crippen molar-refractivity contribution in [1.82, 2.24) is 19.9 Å². The second-order valence-electron chi connectivity index (χ2n) is 25.7. The van der Waals surface area contributed by atoms with Gasteiger partial charge in [-0.1, -0.05) is 50.2 Å². The molecule has 0 saturated carbocycles. The number of furan rings is 4. The number of aryl methyl sites for hydroxylation is 19. The lowest BCUT2D eigenvalue weighted by molar-refractivity contribution is -0.660. The molecule has 0 radical (unpaired) electrons. The van der Waals surface area contributed by atoms with Crippen LogP contribution in [0.4, 0.5) is 0 Å². The normalized spacial score (nSPS) is 15.8. The molecule has 4 aromatic carbocycles. The van der Waals surface area contributed by atoms with Gasteiger partial charge in [0.25, 0.3) is 0 Å². The number of hydrogen-bond acceptors (Lipinski definition) is 8. The van der Waals surface area contributed by atoms with Crippen molar-refractivity contribution in [2.75, 3.05) is 0 Å². The van der Waals surface area contributed by atoms with Gasteiger partial charge in [-0.2, -0.15) is 0 Å². The first-order valence-corrected chi connectivity index (χ1v) is 32.1. The van der Waals surface area contributed by atoms with Crippen LogP contribution >= 0.6 is 0 Å². The fraction of sp³-hybridized carbons (Fsp3) is 0.256. The van der Waals surface area contributed by atoms with Gasteiger partial charge in [-0.3, -0.25) is 0 Å². The highest BCUT2D eigenvalue weighted by atomic mass is 16.4. The van der Waals surface area contributed by atoms with Crippen LogP contribution in [0.2, 0.25) is 0 Å². The molecule has 12 heterocycles. The van der Waals surface area contributed by atoms with Crippen molar-refractivity contribution in [3.8, 4) is 45.0 Å². The fourth-order valence-corrected chi connectivity index (χ4v) is 13.1. The second kappa shape index (κ2) is 25.7. The zero-order valence-electron chi connectivity index (χ0n) is 76.6. The highest BCUT2D eigenvalue weighted by Gasteiger charge is 2.28. The number of nitrogens with zero attached hydrogens (tertiary/aromatic N) is 8. The minimum absolute atomic E-state index is 0.213. The van der Waals surface area contributed by atoms with Gasteiger partial charge >= 0.3 is 0 Å². The van der Waals surface area contributed by atoms with Gasteiger partial charge in [-0.15, -0.1) is 0 Å². The Morgan fingerprint density at radius 1 is 0.337 bits per heavy atom. The van der Waals surface area contributed by atoms with Gasteiger partial charge < -0.3 is 17.7 Å². The van der Waals surface area contributed by atoms with Gasteiger partial charge in [0.2, 0.25) is 45.6 Å². The molecule has 0 aliphatic heterocycles. The summed E-state index contributed by atoms with van der Waals surface area (Å²) in [5.41, 5.74) is 20.7. The van der Waals surface area contributed by atoms with Crippen molar-refractivity contribution in [3.05, 3.63) is 236 Å². The molecule has 0 spiro atoms. The molecule has 0 N–H and O–H groups in total. The molecular formula is C86H88N8O4+4. The summed E-state index contributed by atoms with van der Waals surface area (Å²) >= 11 is 0. The van der Waals surface area contributed by atoms with E-state index < -0.39 is 47.0 Å². The van der Waals surface area contributed by atoms with Crippen molar-refractivity contribution in [1.29, 1.82) is 0 Å². The zero-order valence-corrected chi connectivity index (χ0v) is 57.6. The Balaban J connectivity index is 0.000000136. The number of fused-ring (bicyclic) bond motifs is 12. The zero-order chi connectivity index (χ0) is 85.5. The van der Waals surface area contributed by atoms with Crippen LogP contribution in [0.5, 0.6) is 0 Å². The van der Waals surface area contributed by atoms with E-state index in [1.807, 2.05) is 158 Å². The van der Waals surface area contributed by atoms with Gasteiger partial charge in [-0.05, 0) is 214 Å². The van der Waals surface area contributed by atoms with Crippen LogP contribution < -0.4 is 18.3 Å². The van der Waals surface area contributed by atoms with Crippen LogP contribution in [0, 0.1) is 103 Å². The third-order valence-corrected chi connectivity index (χ3v) is 18.3. The number of rotatable bonds is 5. The average molecular weight is 1320 g/mol. The largest absolute Gasteiger partial charge is 0.437 e. The number of benzene rings is 4. The SMILES string of the molecule is [2H]C([2H])([2H])C([2H])(C)c1cc[n+](C)c(-c2c(C)ccc3c2oc2nc(C)ccc23)c1.[2H]C([2H])([2H])c1c[n+](C)c(-c2c(C)cc(C([2H])([2H])[2H])c3c2oc2nc(C)ccc23)cc1C.[2H]C([2H])([2H])c1c[n+](C)c(-c2c(C)ccc3c2oc2nc(C)ccc23)cc1C.[2H]C([2H])([2H])c1ccc(-c2c(C)cc(C([2H])([2H])[2H])c3c2oc2nc(C)ccc23)[n+](C)c1. The third kappa shape index (κ3) is 11.9. The Kier molecular flexibility index (Phi) is 12.2. The fourth-order valence-electron chi connectivity index (χ4n) is 13.1. The average Bonchev–Trinajstić information content (AvgIpc) is 1.57. The van der Waals surface area contributed by atoms with E-state index in [1.54, 1.807) is 91.3 Å². The summed E-state index contributed by atoms with van der Waals surface area (Å²) in [6, 6.07) is 37.3. The van der Waals surface area contributed by atoms with Crippen LogP contribution in [0.1, 0.15) is 135 Å². The standard InChI is InChI=1S/2C22H23N2O.2C21H21N2O/c1-12-10-18(24(6)11-15(12)4)20-14(3)9-13(2)19-17-8-7-16(5)23-22(17)25-21(19)20;1-13(2)16-10-11-24(5)19(12-16)20-14(3)6-8-17-18-9-7-15(4)23-22(18)25-21(17)20;1-12-6-9-17(23(5)11-12)19-14(3)10-13(2)18-16-8-7-15(4)22-21(16)24-20(18)19;1-12-6-8-16-17-9-7-15(4)22-21(17)24-20(16)19(12)18-10-13(2)14(3)11-23(18)5/h7-11H,1-6H3;6-13H,1-5H3;2*6-11H,1-5H3/q4*+1/i2D3,4D3;1D3,13D;1D3,2D3;3D3. The topological polar surface area (TPSA) is 120 Å². The number of hydrogen-bond donors (Lipinski definition) is 0. The first-order valence-electron chi connectivity index (χ1n) is 41.6. The molecule has 0 saturated heterocycles. The summed E-state index contributed by atoms with van der Waals surface area (Å²) in [5, 5.41) is 6.21. The van der Waals surface area contributed by atoms with Gasteiger partial charge in [0, 0.05) is 139 Å². The summed E-state index contributed by atoms with van der Waals surface area (Å²) in [4.78, 5) is 17.9. The minimum Gasteiger partial charge on any atom is -0.437 e. The van der Waals surface area contributed by atoms with E-state index in [1.165, 1.54) is 6.92 Å². The molecule has 16 aromatic rings. The van der Waals surface area contributed by atoms with Gasteiger partial charge in [0.1, 0.15) is 28.2 Å². The quantitative estimate of drug-likeness (QED) is 0.156. The Morgan fingerprint density at radius 2 is 0.724 bits per heavy atom. The van der Waals surface area contributed by atoms with Gasteiger partial charge in [0.15, 0.2) is 47.1 Å². The maximum absolute atomic E-state index is 8.47. The molecule has 492 valence electrons. The molecular weight excluding hydrogens is 1210 g/mol. The van der Waals surface area contributed by atoms with E-state index in [9.17, 15) is 0 Å². The number of aromatic nitrogens is 8. The molecule has 1 unspecified atom stereocenters. The molecule has 0 fully saturated rings. The van der Waals surface area contributed by atoms with Crippen molar-refractivity contribution in [3.63, 3.8) is 0 Å². The van der Waals surface area contributed by atoms with Gasteiger partial charge in [0.05, 0.1) is 22.3 Å². The van der Waals surface area contributed by atoms with Crippen LogP contribution in [0.3, 0.4) is 0 Å². The first kappa shape index (κ1) is 46.4. The maximum Gasteiger partial charge on any atom is 0.227 e. The van der Waals surface area contributed by atoms with Crippen molar-refractivity contribution in [2.24, 2.45) is 28.2 Å². The summed E-state index contributed by atoms with van der Waals surface area (Å²) in [7, 11) is 7.31. The minimum atomic E-state index is -2.44. The van der Waals surface area contributed by atoms with Crippen LogP contribution in [0.15, 0.2) is 164 Å². The highest BCUT2D eigenvalue weighted by molar-refractivity contribution is 6.13. The monoisotopic (exact) mass is 1320 g/mol. The molecule has 98 heavy (non-hydrogen) atoms. The van der Waals surface area contributed by atoms with Crippen molar-refractivity contribution in [2.45, 2.75) is 123 Å². The van der Waals surface area contributed by atoms with E-state index in [2.05, 4.69) is 32.1 Å². The number of pyridine rings is 8. The molecule has 12 aromatic heterocycles.